The molecule has 3 rings (SSSR count). The van der Waals surface area contributed by atoms with Crippen molar-refractivity contribution in [1.29, 1.82) is 0 Å². The van der Waals surface area contributed by atoms with E-state index in [0.29, 0.717) is 0 Å². The molecular weight excluding hydrogens is 288 g/mol. The highest BCUT2D eigenvalue weighted by atomic mass is 15.3. The Balaban J connectivity index is 1.71. The number of benzene rings is 2. The predicted molar refractivity (Wildman–Crippen MR) is 89.9 cm³/mol. The summed E-state index contributed by atoms with van der Waals surface area (Å²) in [6.45, 7) is 0. The molecule has 0 amide bonds. The summed E-state index contributed by atoms with van der Waals surface area (Å²) >= 11 is 0. The average molecular weight is 308 g/mol. The third-order valence-corrected chi connectivity index (χ3v) is 3.53. The van der Waals surface area contributed by atoms with Gasteiger partial charge in [0, 0.05) is 17.1 Å². The lowest BCUT2D eigenvalue weighted by molar-refractivity contribution is -0.727. The first kappa shape index (κ1) is 14.8. The SMILES string of the molecule is Cn1cc[n+](C)c1[NH+]=Nc1ccc(Nc2ccc(N)cc2)cc1. The lowest BCUT2D eigenvalue weighted by Gasteiger charge is -2.06. The van der Waals surface area contributed by atoms with Crippen molar-refractivity contribution in [3.8, 4) is 0 Å². The minimum Gasteiger partial charge on any atom is -0.399 e. The third kappa shape index (κ3) is 3.55. The van der Waals surface area contributed by atoms with Gasteiger partial charge in [0.1, 0.15) is 19.8 Å². The Hall–Kier alpha value is -3.15. The van der Waals surface area contributed by atoms with E-state index in [2.05, 4.69) is 15.5 Å². The second-order valence-corrected chi connectivity index (χ2v) is 5.36. The summed E-state index contributed by atoms with van der Waals surface area (Å²) in [5, 5.41) is 10.8. The van der Waals surface area contributed by atoms with Gasteiger partial charge in [-0.05, 0) is 48.5 Å². The molecule has 1 aromatic heterocycles. The highest BCUT2D eigenvalue weighted by Gasteiger charge is 2.16. The van der Waals surface area contributed by atoms with Gasteiger partial charge in [-0.3, -0.25) is 0 Å². The maximum Gasteiger partial charge on any atom is 0.552 e. The number of anilines is 3. The summed E-state index contributed by atoms with van der Waals surface area (Å²) in [5.74, 6) is 0.911. The van der Waals surface area contributed by atoms with Crippen LogP contribution < -0.4 is 20.7 Å². The minimum absolute atomic E-state index is 0.754. The Kier molecular flexibility index (Phi) is 4.05. The van der Waals surface area contributed by atoms with Crippen LogP contribution in [0.15, 0.2) is 66.0 Å². The Morgan fingerprint density at radius 1 is 1.04 bits per heavy atom. The molecule has 0 saturated heterocycles. The van der Waals surface area contributed by atoms with E-state index in [0.717, 1.165) is 28.7 Å². The van der Waals surface area contributed by atoms with Gasteiger partial charge in [-0.2, -0.15) is 9.13 Å². The summed E-state index contributed by atoms with van der Waals surface area (Å²) in [6, 6.07) is 15.5. The maximum absolute atomic E-state index is 5.68. The van der Waals surface area contributed by atoms with Crippen LogP contribution in [0.25, 0.3) is 0 Å². The summed E-state index contributed by atoms with van der Waals surface area (Å²) in [7, 11) is 3.94. The zero-order valence-corrected chi connectivity index (χ0v) is 13.2. The van der Waals surface area contributed by atoms with E-state index in [1.807, 2.05) is 84.2 Å². The smallest absolute Gasteiger partial charge is 0.399 e. The van der Waals surface area contributed by atoms with Gasteiger partial charge in [0.2, 0.25) is 0 Å². The Morgan fingerprint density at radius 2 is 1.65 bits per heavy atom. The number of hydrogen-bond acceptors (Lipinski definition) is 3. The fourth-order valence-electron chi connectivity index (χ4n) is 2.21. The van der Waals surface area contributed by atoms with E-state index in [1.54, 1.807) is 0 Å². The summed E-state index contributed by atoms with van der Waals surface area (Å²) in [6.07, 6.45) is 3.94. The predicted octanol–water partition coefficient (Wildman–Crippen LogP) is 1.67. The molecule has 3 aromatic rings. The number of aryl methyl sites for hydroxylation is 2. The van der Waals surface area contributed by atoms with E-state index >= 15 is 0 Å². The number of hydrogen-bond donors (Lipinski definition) is 3. The highest BCUT2D eigenvalue weighted by Crippen LogP contribution is 2.20. The van der Waals surface area contributed by atoms with Crippen molar-refractivity contribution in [3.63, 3.8) is 0 Å². The molecule has 0 aliphatic rings. The van der Waals surface area contributed by atoms with E-state index in [1.165, 1.54) is 0 Å². The number of imidazole rings is 1. The molecule has 0 fully saturated rings. The van der Waals surface area contributed by atoms with Crippen LogP contribution in [0.1, 0.15) is 0 Å². The first-order chi connectivity index (χ1) is 11.1. The molecular formula is C17H20N6+2. The van der Waals surface area contributed by atoms with Gasteiger partial charge in [0.25, 0.3) is 0 Å². The number of nitrogens with zero attached hydrogens (tertiary/aromatic N) is 3. The number of azo groups is 1. The molecule has 0 unspecified atom stereocenters. The van der Waals surface area contributed by atoms with Crippen LogP contribution in [0, 0.1) is 0 Å². The van der Waals surface area contributed by atoms with Gasteiger partial charge in [-0.15, -0.1) is 0 Å². The molecule has 0 radical (unpaired) electrons. The number of nitrogens with two attached hydrogens (primary N) is 1. The van der Waals surface area contributed by atoms with Gasteiger partial charge >= 0.3 is 5.95 Å². The molecule has 0 saturated carbocycles. The Morgan fingerprint density at radius 3 is 2.22 bits per heavy atom. The molecule has 6 nitrogen and oxygen atoms in total. The van der Waals surface area contributed by atoms with Crippen LogP contribution in [0.3, 0.4) is 0 Å². The Labute approximate surface area is 134 Å². The van der Waals surface area contributed by atoms with Crippen LogP contribution in [-0.2, 0) is 14.1 Å². The maximum atomic E-state index is 5.68. The molecule has 0 aliphatic heterocycles. The quantitative estimate of drug-likeness (QED) is 0.390. The molecule has 0 bridgehead atoms. The van der Waals surface area contributed by atoms with E-state index in [-0.39, 0.29) is 0 Å². The molecule has 6 heteroatoms. The number of nitrogen functional groups attached to an aromatic ring is 1. The van der Waals surface area contributed by atoms with Gasteiger partial charge in [-0.25, -0.2) is 0 Å². The topological polar surface area (TPSA) is 73.2 Å². The normalized spacial score (nSPS) is 11.0. The van der Waals surface area contributed by atoms with E-state index in [4.69, 9.17) is 5.73 Å². The van der Waals surface area contributed by atoms with Crippen LogP contribution in [0.2, 0.25) is 0 Å². The van der Waals surface area contributed by atoms with Crippen molar-refractivity contribution in [2.75, 3.05) is 11.1 Å². The summed E-state index contributed by atoms with van der Waals surface area (Å²) < 4.78 is 3.95. The van der Waals surface area contributed by atoms with Crippen molar-refractivity contribution in [2.24, 2.45) is 19.2 Å². The fraction of sp³-hybridized carbons (Fsp3) is 0.118. The molecule has 23 heavy (non-hydrogen) atoms. The lowest BCUT2D eigenvalue weighted by atomic mass is 10.2. The van der Waals surface area contributed by atoms with Crippen molar-refractivity contribution in [3.05, 3.63) is 60.9 Å². The highest BCUT2D eigenvalue weighted by molar-refractivity contribution is 5.63. The van der Waals surface area contributed by atoms with Crippen molar-refractivity contribution in [2.45, 2.75) is 0 Å². The molecule has 116 valence electrons. The lowest BCUT2D eigenvalue weighted by Crippen LogP contribution is -2.65. The second kappa shape index (κ2) is 6.31. The average Bonchev–Trinajstić information content (AvgIpc) is 2.88. The van der Waals surface area contributed by atoms with Crippen LogP contribution in [0.5, 0.6) is 0 Å². The second-order valence-electron chi connectivity index (χ2n) is 5.36. The first-order valence-electron chi connectivity index (χ1n) is 7.32. The Bertz CT molecular complexity index is 796. The number of nitrogens with one attached hydrogen (secondary N) is 2. The summed E-state index contributed by atoms with van der Waals surface area (Å²) in [4.78, 5) is 0. The summed E-state index contributed by atoms with van der Waals surface area (Å²) in [5.41, 5.74) is 9.29. The molecule has 0 atom stereocenters. The van der Waals surface area contributed by atoms with Crippen LogP contribution >= 0.6 is 0 Å². The molecule has 1 heterocycles. The fourth-order valence-corrected chi connectivity index (χ4v) is 2.21. The largest absolute Gasteiger partial charge is 0.552 e. The number of rotatable bonds is 4. The van der Waals surface area contributed by atoms with E-state index in [9.17, 15) is 0 Å². The molecule has 4 N–H and O–H groups in total. The van der Waals surface area contributed by atoms with Crippen LogP contribution in [0.4, 0.5) is 28.7 Å². The van der Waals surface area contributed by atoms with E-state index < -0.39 is 0 Å². The monoisotopic (exact) mass is 308 g/mol. The van der Waals surface area contributed by atoms with Crippen molar-refractivity contribution >= 4 is 28.7 Å². The molecule has 2 aromatic carbocycles. The van der Waals surface area contributed by atoms with Gasteiger partial charge in [-0.1, -0.05) is 10.2 Å². The van der Waals surface area contributed by atoms with Crippen LogP contribution in [-0.4, -0.2) is 4.57 Å². The minimum atomic E-state index is 0.754. The van der Waals surface area contributed by atoms with Gasteiger partial charge in [0.05, 0.1) is 0 Å². The van der Waals surface area contributed by atoms with Crippen molar-refractivity contribution < 1.29 is 9.68 Å². The molecule has 0 aliphatic carbocycles. The standard InChI is InChI=1S/C17H18N6/c1-22-11-12-23(2)17(22)21-20-16-9-7-15(8-10-16)19-14-5-3-13(18)4-6-14/h3-12H,1-2H3,(H2,18,20)/p+2. The zero-order valence-electron chi connectivity index (χ0n) is 13.2. The van der Waals surface area contributed by atoms with Gasteiger partial charge < -0.3 is 11.1 Å². The molecule has 0 spiro atoms. The zero-order chi connectivity index (χ0) is 16.2. The first-order valence-corrected chi connectivity index (χ1v) is 7.32. The van der Waals surface area contributed by atoms with Gasteiger partial charge in [0.15, 0.2) is 12.4 Å². The van der Waals surface area contributed by atoms with Crippen molar-refractivity contribution in [1.82, 2.24) is 4.57 Å². The number of aromatic nitrogens is 2. The third-order valence-electron chi connectivity index (χ3n) is 3.53.